The van der Waals surface area contributed by atoms with Crippen molar-refractivity contribution in [2.75, 3.05) is 6.54 Å². The number of piperidine rings is 1. The van der Waals surface area contributed by atoms with E-state index in [4.69, 9.17) is 23.2 Å². The average Bonchev–Trinajstić information content (AvgIpc) is 2.85. The summed E-state index contributed by atoms with van der Waals surface area (Å²) in [6.45, 7) is 2.40. The predicted molar refractivity (Wildman–Crippen MR) is 136 cm³/mol. The van der Waals surface area contributed by atoms with Crippen LogP contribution in [0.15, 0.2) is 67.1 Å². The molecule has 182 valence electrons. The van der Waals surface area contributed by atoms with E-state index < -0.39 is 11.4 Å². The van der Waals surface area contributed by atoms with Crippen molar-refractivity contribution in [3.8, 4) is 0 Å². The molecule has 35 heavy (non-hydrogen) atoms. The number of benzene rings is 2. The molecule has 1 aliphatic rings. The van der Waals surface area contributed by atoms with Gasteiger partial charge in [-0.15, -0.1) is 0 Å². The Kier molecular flexibility index (Phi) is 7.85. The van der Waals surface area contributed by atoms with Crippen molar-refractivity contribution in [3.63, 3.8) is 0 Å². The molecule has 0 bridgehead atoms. The summed E-state index contributed by atoms with van der Waals surface area (Å²) in [7, 11) is 0. The lowest BCUT2D eigenvalue weighted by Gasteiger charge is -2.39. The molecular formula is C27H27Cl2N3O3. The average molecular weight is 512 g/mol. The fraction of sp³-hybridized carbons (Fsp3) is 0.333. The summed E-state index contributed by atoms with van der Waals surface area (Å²) >= 11 is 12.4. The van der Waals surface area contributed by atoms with Gasteiger partial charge in [0.05, 0.1) is 11.1 Å². The van der Waals surface area contributed by atoms with E-state index in [2.05, 4.69) is 15.3 Å². The van der Waals surface area contributed by atoms with Crippen molar-refractivity contribution in [3.05, 3.63) is 94.0 Å². The molecular weight excluding hydrogens is 485 g/mol. The number of ketones is 1. The van der Waals surface area contributed by atoms with Gasteiger partial charge in [-0.2, -0.15) is 0 Å². The molecule has 2 aromatic carbocycles. The molecule has 2 N–H and O–H groups in total. The van der Waals surface area contributed by atoms with Crippen molar-refractivity contribution in [2.24, 2.45) is 5.92 Å². The van der Waals surface area contributed by atoms with Crippen LogP contribution in [0.5, 0.6) is 0 Å². The minimum atomic E-state index is -1.03. The van der Waals surface area contributed by atoms with Crippen LogP contribution in [-0.2, 0) is 15.0 Å². The largest absolute Gasteiger partial charge is 0.481 e. The number of hydrogen-bond acceptors (Lipinski definition) is 5. The number of nitrogens with one attached hydrogen (secondary N) is 1. The van der Waals surface area contributed by atoms with E-state index in [1.54, 1.807) is 30.7 Å². The van der Waals surface area contributed by atoms with Crippen molar-refractivity contribution in [2.45, 2.75) is 43.6 Å². The minimum absolute atomic E-state index is 0.0125. The van der Waals surface area contributed by atoms with Crippen LogP contribution >= 0.6 is 23.2 Å². The fourth-order valence-corrected chi connectivity index (χ4v) is 5.31. The van der Waals surface area contributed by atoms with Gasteiger partial charge in [0.25, 0.3) is 0 Å². The number of carboxylic acids is 1. The Morgan fingerprint density at radius 1 is 1.09 bits per heavy atom. The second kappa shape index (κ2) is 10.9. The van der Waals surface area contributed by atoms with E-state index in [-0.39, 0.29) is 36.5 Å². The highest BCUT2D eigenvalue weighted by atomic mass is 35.5. The maximum Gasteiger partial charge on any atom is 0.303 e. The molecule has 8 heteroatoms. The molecule has 0 saturated carbocycles. The zero-order valence-corrected chi connectivity index (χ0v) is 20.8. The number of Topliss-reactive ketones (excluding diaryl/α,β-unsaturated/α-hetero) is 1. The molecule has 6 nitrogen and oxygen atoms in total. The molecule has 0 aliphatic carbocycles. The summed E-state index contributed by atoms with van der Waals surface area (Å²) < 4.78 is 0. The van der Waals surface area contributed by atoms with Crippen molar-refractivity contribution < 1.29 is 14.7 Å². The van der Waals surface area contributed by atoms with Gasteiger partial charge in [0, 0.05) is 53.4 Å². The molecule has 4 atom stereocenters. The van der Waals surface area contributed by atoms with Crippen molar-refractivity contribution >= 4 is 35.0 Å². The summed E-state index contributed by atoms with van der Waals surface area (Å²) in [6, 6.07) is 14.6. The highest BCUT2D eigenvalue weighted by Crippen LogP contribution is 2.38. The summed E-state index contributed by atoms with van der Waals surface area (Å²) in [6.07, 6.45) is 5.75. The van der Waals surface area contributed by atoms with Crippen molar-refractivity contribution in [1.82, 2.24) is 15.3 Å². The van der Waals surface area contributed by atoms with Crippen LogP contribution in [0.1, 0.15) is 48.9 Å². The van der Waals surface area contributed by atoms with Gasteiger partial charge < -0.3 is 10.4 Å². The van der Waals surface area contributed by atoms with Crippen LogP contribution in [0.4, 0.5) is 0 Å². The number of hydrogen-bond donors (Lipinski definition) is 2. The van der Waals surface area contributed by atoms with Crippen LogP contribution in [0.25, 0.3) is 0 Å². The zero-order valence-electron chi connectivity index (χ0n) is 19.3. The van der Waals surface area contributed by atoms with Gasteiger partial charge >= 0.3 is 5.97 Å². The summed E-state index contributed by atoms with van der Waals surface area (Å²) in [5.41, 5.74) is 1.31. The van der Waals surface area contributed by atoms with Gasteiger partial charge in [-0.05, 0) is 61.2 Å². The third-order valence-electron chi connectivity index (χ3n) is 6.94. The molecule has 0 unspecified atom stereocenters. The highest BCUT2D eigenvalue weighted by molar-refractivity contribution is 6.30. The Morgan fingerprint density at radius 2 is 1.86 bits per heavy atom. The standard InChI is InChI=1S/C27H27Cl2N3O3/c1-27(24-16-30-9-10-31-24,19-5-7-20(28)8-6-19)25(33)14-23-22(18-3-2-4-21(29)13-18)11-17(15-32-23)12-26(34)35/h2-10,13,16-17,22-23,32H,11-12,14-15H2,1H3,(H,34,35)/t17-,22-,23+,27-/m1/s1. The Hall–Kier alpha value is -2.80. The number of carbonyl (C=O) groups excluding carboxylic acids is 1. The molecule has 4 rings (SSSR count). The number of aromatic nitrogens is 2. The van der Waals surface area contributed by atoms with Crippen LogP contribution in [0.2, 0.25) is 10.0 Å². The van der Waals surface area contributed by atoms with Crippen molar-refractivity contribution in [1.29, 1.82) is 0 Å². The molecule has 2 heterocycles. The van der Waals surface area contributed by atoms with Gasteiger partial charge in [-0.1, -0.05) is 47.5 Å². The van der Waals surface area contributed by atoms with E-state index in [0.717, 1.165) is 11.1 Å². The molecule has 1 aliphatic heterocycles. The molecule has 1 aromatic heterocycles. The van der Waals surface area contributed by atoms with E-state index in [1.165, 1.54) is 0 Å². The topological polar surface area (TPSA) is 92.2 Å². The van der Waals surface area contributed by atoms with Gasteiger partial charge in [0.2, 0.25) is 0 Å². The Balaban J connectivity index is 1.67. The lowest BCUT2D eigenvalue weighted by molar-refractivity contribution is -0.138. The monoisotopic (exact) mass is 511 g/mol. The Labute approximate surface area is 214 Å². The highest BCUT2D eigenvalue weighted by Gasteiger charge is 2.42. The third kappa shape index (κ3) is 5.72. The lowest BCUT2D eigenvalue weighted by atomic mass is 9.71. The number of carboxylic acid groups (broad SMARTS) is 1. The Bertz CT molecular complexity index is 1190. The molecule has 1 saturated heterocycles. The van der Waals surface area contributed by atoms with Gasteiger partial charge in [0.15, 0.2) is 5.78 Å². The maximum absolute atomic E-state index is 14.1. The maximum atomic E-state index is 14.1. The smallest absolute Gasteiger partial charge is 0.303 e. The molecule has 0 amide bonds. The second-order valence-corrected chi connectivity index (χ2v) is 10.1. The Morgan fingerprint density at radius 3 is 2.51 bits per heavy atom. The first kappa shape index (κ1) is 25.3. The molecule has 3 aromatic rings. The summed E-state index contributed by atoms with van der Waals surface area (Å²) in [4.78, 5) is 34.1. The first-order valence-corrected chi connectivity index (χ1v) is 12.3. The minimum Gasteiger partial charge on any atom is -0.481 e. The van der Waals surface area contributed by atoms with E-state index in [0.29, 0.717) is 28.7 Å². The van der Waals surface area contributed by atoms with Crippen LogP contribution in [-0.4, -0.2) is 39.4 Å². The van der Waals surface area contributed by atoms with E-state index >= 15 is 0 Å². The first-order chi connectivity index (χ1) is 16.8. The van der Waals surface area contributed by atoms with Gasteiger partial charge in [-0.25, -0.2) is 0 Å². The van der Waals surface area contributed by atoms with E-state index in [1.807, 2.05) is 43.3 Å². The van der Waals surface area contributed by atoms with E-state index in [9.17, 15) is 14.7 Å². The third-order valence-corrected chi connectivity index (χ3v) is 7.43. The predicted octanol–water partition coefficient (Wildman–Crippen LogP) is 5.29. The first-order valence-electron chi connectivity index (χ1n) is 11.5. The SMILES string of the molecule is C[C@@](C(=O)C[C@@H]1NC[C@@H](CC(=O)O)C[C@@H]1c1cccc(Cl)c1)(c1ccc(Cl)cc1)c1cnccn1. The summed E-state index contributed by atoms with van der Waals surface area (Å²) in [5, 5.41) is 14.0. The normalized spacial score (nSPS) is 21.7. The van der Waals surface area contributed by atoms with Gasteiger partial charge in [-0.3, -0.25) is 19.6 Å². The number of nitrogens with zero attached hydrogens (tertiary/aromatic N) is 2. The van der Waals surface area contributed by atoms with Crippen LogP contribution in [0, 0.1) is 5.92 Å². The fourth-order valence-electron chi connectivity index (χ4n) is 4.99. The quantitative estimate of drug-likeness (QED) is 0.427. The van der Waals surface area contributed by atoms with Gasteiger partial charge in [0.1, 0.15) is 0 Å². The molecule has 0 radical (unpaired) electrons. The lowest BCUT2D eigenvalue weighted by Crippen LogP contribution is -2.48. The summed E-state index contributed by atoms with van der Waals surface area (Å²) in [5.74, 6) is -0.937. The van der Waals surface area contributed by atoms with Crippen LogP contribution < -0.4 is 5.32 Å². The number of rotatable bonds is 8. The molecule has 0 spiro atoms. The zero-order chi connectivity index (χ0) is 25.0. The number of carbonyl (C=O) groups is 2. The molecule has 1 fully saturated rings. The number of aliphatic carboxylic acids is 1. The second-order valence-electron chi connectivity index (χ2n) is 9.23. The van der Waals surface area contributed by atoms with Crippen LogP contribution in [0.3, 0.4) is 0 Å². The number of halogens is 2.